The second-order valence-electron chi connectivity index (χ2n) is 7.83. The molecule has 1 atom stereocenters. The Hall–Kier alpha value is -3.40. The highest BCUT2D eigenvalue weighted by molar-refractivity contribution is 6.09. The minimum Gasteiger partial charge on any atom is -0.351 e. The van der Waals surface area contributed by atoms with Gasteiger partial charge in [-0.3, -0.25) is 9.59 Å². The average Bonchev–Trinajstić information content (AvgIpc) is 3.14. The third-order valence-corrected chi connectivity index (χ3v) is 5.59. The van der Waals surface area contributed by atoms with Crippen molar-refractivity contribution < 1.29 is 9.59 Å². The van der Waals surface area contributed by atoms with E-state index >= 15 is 0 Å². The zero-order valence-corrected chi connectivity index (χ0v) is 17.2. The standard InChI is InChI=1S/C26H26N2O2/c1-19-8-7-11-21(16-19)18-27-25(29)23-14-15-28(26(23)30)24-13-6-5-12-22(24)17-20-9-3-2-4-10-20/h2-13,16,23H,14-15,17-18H2,1H3,(H,27,29)/t23-/m1/s1. The van der Waals surface area contributed by atoms with Gasteiger partial charge in [-0.05, 0) is 42.5 Å². The Morgan fingerprint density at radius 1 is 0.967 bits per heavy atom. The molecule has 0 bridgehead atoms. The van der Waals surface area contributed by atoms with E-state index in [0.29, 0.717) is 19.5 Å². The van der Waals surface area contributed by atoms with Crippen molar-refractivity contribution in [3.8, 4) is 0 Å². The number of hydrogen-bond donors (Lipinski definition) is 1. The first-order chi connectivity index (χ1) is 14.6. The lowest BCUT2D eigenvalue weighted by Crippen LogP contribution is -2.36. The molecule has 0 radical (unpaired) electrons. The zero-order chi connectivity index (χ0) is 20.9. The summed E-state index contributed by atoms with van der Waals surface area (Å²) in [6, 6.07) is 26.2. The molecule has 1 fully saturated rings. The van der Waals surface area contributed by atoms with Crippen LogP contribution in [0.2, 0.25) is 0 Å². The van der Waals surface area contributed by atoms with Crippen molar-refractivity contribution in [1.82, 2.24) is 5.32 Å². The van der Waals surface area contributed by atoms with Gasteiger partial charge in [0, 0.05) is 18.8 Å². The van der Waals surface area contributed by atoms with E-state index in [1.807, 2.05) is 67.6 Å². The van der Waals surface area contributed by atoms with E-state index in [9.17, 15) is 9.59 Å². The highest BCUT2D eigenvalue weighted by Crippen LogP contribution is 2.30. The smallest absolute Gasteiger partial charge is 0.239 e. The van der Waals surface area contributed by atoms with Crippen LogP contribution in [0.15, 0.2) is 78.9 Å². The molecule has 0 saturated carbocycles. The van der Waals surface area contributed by atoms with Gasteiger partial charge in [0.05, 0.1) is 0 Å². The third kappa shape index (κ3) is 4.43. The van der Waals surface area contributed by atoms with E-state index in [4.69, 9.17) is 0 Å². The molecule has 3 aromatic rings. The average molecular weight is 399 g/mol. The number of carbonyl (C=O) groups excluding carboxylic acids is 2. The SMILES string of the molecule is Cc1cccc(CNC(=O)[C@H]2CCN(c3ccccc3Cc3ccccc3)C2=O)c1. The monoisotopic (exact) mass is 398 g/mol. The summed E-state index contributed by atoms with van der Waals surface area (Å²) >= 11 is 0. The van der Waals surface area contributed by atoms with Crippen molar-refractivity contribution >= 4 is 17.5 Å². The molecule has 4 nitrogen and oxygen atoms in total. The van der Waals surface area contributed by atoms with Gasteiger partial charge in [-0.1, -0.05) is 78.4 Å². The van der Waals surface area contributed by atoms with Crippen LogP contribution in [0.1, 0.15) is 28.7 Å². The Labute approximate surface area is 177 Å². The first-order valence-electron chi connectivity index (χ1n) is 10.4. The number of hydrogen-bond acceptors (Lipinski definition) is 2. The van der Waals surface area contributed by atoms with Crippen molar-refractivity contribution in [3.05, 3.63) is 101 Å². The molecule has 30 heavy (non-hydrogen) atoms. The highest BCUT2D eigenvalue weighted by Gasteiger charge is 2.38. The van der Waals surface area contributed by atoms with Crippen LogP contribution >= 0.6 is 0 Å². The van der Waals surface area contributed by atoms with Crippen LogP contribution in [-0.2, 0) is 22.6 Å². The molecule has 3 aromatic carbocycles. The topological polar surface area (TPSA) is 49.4 Å². The maximum Gasteiger partial charge on any atom is 0.239 e. The summed E-state index contributed by atoms with van der Waals surface area (Å²) < 4.78 is 0. The number of benzene rings is 3. The number of aryl methyl sites for hydroxylation is 1. The third-order valence-electron chi connectivity index (χ3n) is 5.59. The molecule has 0 aromatic heterocycles. The van der Waals surface area contributed by atoms with Crippen LogP contribution < -0.4 is 10.2 Å². The van der Waals surface area contributed by atoms with Gasteiger partial charge in [-0.2, -0.15) is 0 Å². The van der Waals surface area contributed by atoms with Crippen molar-refractivity contribution in [3.63, 3.8) is 0 Å². The van der Waals surface area contributed by atoms with E-state index in [1.54, 1.807) is 4.90 Å². The summed E-state index contributed by atoms with van der Waals surface area (Å²) in [6.45, 7) is 3.03. The van der Waals surface area contributed by atoms with Gasteiger partial charge in [0.25, 0.3) is 0 Å². The summed E-state index contributed by atoms with van der Waals surface area (Å²) in [6.07, 6.45) is 1.29. The lowest BCUT2D eigenvalue weighted by Gasteiger charge is -2.20. The Bertz CT molecular complexity index is 1050. The molecule has 0 aliphatic carbocycles. The van der Waals surface area contributed by atoms with E-state index in [-0.39, 0.29) is 11.8 Å². The maximum absolute atomic E-state index is 13.1. The van der Waals surface area contributed by atoms with Gasteiger partial charge < -0.3 is 10.2 Å². The van der Waals surface area contributed by atoms with Crippen molar-refractivity contribution in [2.45, 2.75) is 26.3 Å². The zero-order valence-electron chi connectivity index (χ0n) is 17.2. The molecule has 1 saturated heterocycles. The van der Waals surface area contributed by atoms with Crippen LogP contribution in [-0.4, -0.2) is 18.4 Å². The molecular formula is C26H26N2O2. The van der Waals surface area contributed by atoms with Crippen molar-refractivity contribution in [2.75, 3.05) is 11.4 Å². The molecule has 0 spiro atoms. The number of nitrogens with one attached hydrogen (secondary N) is 1. The normalized spacial score (nSPS) is 16.0. The van der Waals surface area contributed by atoms with Gasteiger partial charge in [-0.15, -0.1) is 0 Å². The van der Waals surface area contributed by atoms with Gasteiger partial charge >= 0.3 is 0 Å². The Morgan fingerprint density at radius 3 is 2.50 bits per heavy atom. The van der Waals surface area contributed by atoms with Gasteiger partial charge in [0.2, 0.25) is 11.8 Å². The lowest BCUT2D eigenvalue weighted by molar-refractivity contribution is -0.132. The van der Waals surface area contributed by atoms with Crippen molar-refractivity contribution in [2.24, 2.45) is 5.92 Å². The number of para-hydroxylation sites is 1. The highest BCUT2D eigenvalue weighted by atomic mass is 16.2. The number of carbonyl (C=O) groups is 2. The minimum atomic E-state index is -0.625. The Kier molecular flexibility index (Phi) is 5.94. The number of amides is 2. The summed E-state index contributed by atoms with van der Waals surface area (Å²) in [5.41, 5.74) is 5.39. The van der Waals surface area contributed by atoms with Crippen LogP contribution in [0, 0.1) is 12.8 Å². The molecule has 4 heteroatoms. The molecule has 1 aliphatic rings. The van der Waals surface area contributed by atoms with Gasteiger partial charge in [-0.25, -0.2) is 0 Å². The van der Waals surface area contributed by atoms with Crippen LogP contribution in [0.4, 0.5) is 5.69 Å². The fourth-order valence-electron chi connectivity index (χ4n) is 4.04. The first-order valence-corrected chi connectivity index (χ1v) is 10.4. The first kappa shape index (κ1) is 19.9. The number of nitrogens with zero attached hydrogens (tertiary/aromatic N) is 1. The van der Waals surface area contributed by atoms with E-state index in [1.165, 1.54) is 5.56 Å². The second kappa shape index (κ2) is 8.95. The fraction of sp³-hybridized carbons (Fsp3) is 0.231. The second-order valence-corrected chi connectivity index (χ2v) is 7.83. The Balaban J connectivity index is 1.45. The quantitative estimate of drug-likeness (QED) is 0.631. The predicted molar refractivity (Wildman–Crippen MR) is 119 cm³/mol. The van der Waals surface area contributed by atoms with Crippen LogP contribution in [0.25, 0.3) is 0 Å². The van der Waals surface area contributed by atoms with Gasteiger partial charge in [0.15, 0.2) is 0 Å². The lowest BCUT2D eigenvalue weighted by atomic mass is 10.0. The van der Waals surface area contributed by atoms with Gasteiger partial charge in [0.1, 0.15) is 5.92 Å². The molecule has 1 heterocycles. The molecule has 1 aliphatic heterocycles. The minimum absolute atomic E-state index is 0.114. The molecule has 1 N–H and O–H groups in total. The number of anilines is 1. The predicted octanol–water partition coefficient (Wildman–Crippen LogP) is 4.26. The summed E-state index contributed by atoms with van der Waals surface area (Å²) in [4.78, 5) is 27.6. The van der Waals surface area contributed by atoms with E-state index in [2.05, 4.69) is 23.5 Å². The molecule has 152 valence electrons. The van der Waals surface area contributed by atoms with Crippen molar-refractivity contribution in [1.29, 1.82) is 0 Å². The number of rotatable bonds is 6. The summed E-state index contributed by atoms with van der Waals surface area (Å²) in [7, 11) is 0. The summed E-state index contributed by atoms with van der Waals surface area (Å²) in [5, 5.41) is 2.94. The van der Waals surface area contributed by atoms with Crippen LogP contribution in [0.3, 0.4) is 0 Å². The Morgan fingerprint density at radius 2 is 1.70 bits per heavy atom. The molecular weight excluding hydrogens is 372 g/mol. The molecule has 0 unspecified atom stereocenters. The summed E-state index contributed by atoms with van der Waals surface area (Å²) in [5.74, 6) is -0.929. The largest absolute Gasteiger partial charge is 0.351 e. The van der Waals surface area contributed by atoms with Crippen LogP contribution in [0.5, 0.6) is 0 Å². The van der Waals surface area contributed by atoms with E-state index in [0.717, 1.165) is 28.8 Å². The van der Waals surface area contributed by atoms with E-state index < -0.39 is 5.92 Å². The fourth-order valence-corrected chi connectivity index (χ4v) is 4.04. The maximum atomic E-state index is 13.1. The molecule has 2 amide bonds. The molecule has 4 rings (SSSR count).